The molecule has 1 aliphatic carbocycles. The van der Waals surface area contributed by atoms with Crippen LogP contribution < -0.4 is 10.1 Å². The number of halogens is 3. The van der Waals surface area contributed by atoms with Crippen LogP contribution in [-0.4, -0.2) is 16.1 Å². The normalized spacial score (nSPS) is 16.3. The van der Waals surface area contributed by atoms with Crippen molar-refractivity contribution < 1.29 is 17.9 Å². The minimum Gasteiger partial charge on any atom is -0.474 e. The van der Waals surface area contributed by atoms with Gasteiger partial charge in [0.15, 0.2) is 0 Å². The van der Waals surface area contributed by atoms with Crippen molar-refractivity contribution >= 4 is 11.6 Å². The summed E-state index contributed by atoms with van der Waals surface area (Å²) >= 11 is 0. The summed E-state index contributed by atoms with van der Waals surface area (Å²) < 4.78 is 45.3. The van der Waals surface area contributed by atoms with E-state index >= 15 is 0 Å². The number of benzene rings is 1. The maximum absolute atomic E-state index is 13.3. The van der Waals surface area contributed by atoms with Crippen LogP contribution in [0.2, 0.25) is 0 Å². The molecule has 1 saturated carbocycles. The molecule has 0 spiro atoms. The molecule has 0 saturated heterocycles. The van der Waals surface area contributed by atoms with Crippen LogP contribution >= 0.6 is 0 Å². The lowest BCUT2D eigenvalue weighted by Crippen LogP contribution is -2.18. The van der Waals surface area contributed by atoms with Gasteiger partial charge in [0.1, 0.15) is 11.7 Å². The molecular formula is C20H24F3N3O. The molecule has 0 bridgehead atoms. The summed E-state index contributed by atoms with van der Waals surface area (Å²) in [5, 5.41) is 2.96. The van der Waals surface area contributed by atoms with Crippen LogP contribution in [0.1, 0.15) is 63.0 Å². The lowest BCUT2D eigenvalue weighted by Gasteiger charge is -2.17. The Morgan fingerprint density at radius 1 is 1.19 bits per heavy atom. The first-order valence-corrected chi connectivity index (χ1v) is 9.34. The Morgan fingerprint density at radius 3 is 2.44 bits per heavy atom. The van der Waals surface area contributed by atoms with Gasteiger partial charge in [-0.15, -0.1) is 0 Å². The van der Waals surface area contributed by atoms with Crippen LogP contribution in [0.4, 0.5) is 24.8 Å². The van der Waals surface area contributed by atoms with Gasteiger partial charge in [-0.1, -0.05) is 26.0 Å². The molecule has 0 amide bonds. The van der Waals surface area contributed by atoms with Crippen molar-refractivity contribution in [2.24, 2.45) is 0 Å². The van der Waals surface area contributed by atoms with Crippen molar-refractivity contribution in [2.45, 2.75) is 64.1 Å². The Labute approximate surface area is 157 Å². The third kappa shape index (κ3) is 4.90. The summed E-state index contributed by atoms with van der Waals surface area (Å²) in [6.45, 7) is 4.27. The van der Waals surface area contributed by atoms with Crippen LogP contribution in [-0.2, 0) is 6.18 Å². The first-order chi connectivity index (χ1) is 12.9. The number of nitrogens with zero attached hydrogens (tertiary/aromatic N) is 2. The number of ether oxygens (including phenoxy) is 1. The number of rotatable bonds is 6. The van der Waals surface area contributed by atoms with Gasteiger partial charge in [-0.05, 0) is 55.7 Å². The van der Waals surface area contributed by atoms with Crippen LogP contribution in [0.15, 0.2) is 30.5 Å². The zero-order chi connectivity index (χ0) is 19.4. The zero-order valence-electron chi connectivity index (χ0n) is 15.5. The highest BCUT2D eigenvalue weighted by atomic mass is 19.4. The third-order valence-corrected chi connectivity index (χ3v) is 4.99. The summed E-state index contributed by atoms with van der Waals surface area (Å²) in [5.41, 5.74) is 0.988. The summed E-state index contributed by atoms with van der Waals surface area (Å²) in [6, 6.07) is 7.74. The van der Waals surface area contributed by atoms with E-state index in [-0.39, 0.29) is 12.1 Å². The molecule has 1 atom stereocenters. The smallest absolute Gasteiger partial charge is 0.423 e. The van der Waals surface area contributed by atoms with Crippen LogP contribution in [0.25, 0.3) is 0 Å². The molecule has 1 N–H and O–H groups in total. The topological polar surface area (TPSA) is 47.0 Å². The molecule has 7 heteroatoms. The van der Waals surface area contributed by atoms with Crippen molar-refractivity contribution in [1.82, 2.24) is 9.97 Å². The molecule has 1 fully saturated rings. The maximum atomic E-state index is 13.3. The van der Waals surface area contributed by atoms with Crippen molar-refractivity contribution in [3.05, 3.63) is 41.6 Å². The largest absolute Gasteiger partial charge is 0.474 e. The number of hydrogen-bond acceptors (Lipinski definition) is 4. The van der Waals surface area contributed by atoms with Gasteiger partial charge < -0.3 is 10.1 Å². The van der Waals surface area contributed by atoms with Gasteiger partial charge >= 0.3 is 6.18 Å². The Balaban J connectivity index is 1.80. The number of anilines is 2. The minimum atomic E-state index is -4.55. The van der Waals surface area contributed by atoms with E-state index in [2.05, 4.69) is 29.1 Å². The first-order valence-electron chi connectivity index (χ1n) is 9.34. The first kappa shape index (κ1) is 19.5. The Bertz CT molecular complexity index is 756. The number of aromatic nitrogens is 2. The molecule has 27 heavy (non-hydrogen) atoms. The van der Waals surface area contributed by atoms with E-state index < -0.39 is 17.6 Å². The molecule has 1 unspecified atom stereocenters. The number of hydrogen-bond donors (Lipinski definition) is 1. The summed E-state index contributed by atoms with van der Waals surface area (Å²) in [5.74, 6) is 0.142. The van der Waals surface area contributed by atoms with Gasteiger partial charge in [-0.25, -0.2) is 4.98 Å². The van der Waals surface area contributed by atoms with Gasteiger partial charge in [-0.2, -0.15) is 18.2 Å². The van der Waals surface area contributed by atoms with Crippen LogP contribution in [0.3, 0.4) is 0 Å². The van der Waals surface area contributed by atoms with Gasteiger partial charge in [0, 0.05) is 11.9 Å². The second kappa shape index (κ2) is 8.15. The molecule has 146 valence electrons. The minimum absolute atomic E-state index is 0.0901. The van der Waals surface area contributed by atoms with E-state index in [4.69, 9.17) is 4.74 Å². The van der Waals surface area contributed by atoms with Gasteiger partial charge in [-0.3, -0.25) is 0 Å². The molecule has 3 rings (SSSR count). The fourth-order valence-corrected chi connectivity index (χ4v) is 3.13. The van der Waals surface area contributed by atoms with Crippen molar-refractivity contribution in [3.8, 4) is 5.88 Å². The summed E-state index contributed by atoms with van der Waals surface area (Å²) in [4.78, 5) is 7.83. The number of alkyl halides is 3. The summed E-state index contributed by atoms with van der Waals surface area (Å²) in [7, 11) is 0. The van der Waals surface area contributed by atoms with E-state index in [9.17, 15) is 13.2 Å². The lowest BCUT2D eigenvalue weighted by atomic mass is 9.99. The van der Waals surface area contributed by atoms with Crippen molar-refractivity contribution in [2.75, 3.05) is 5.32 Å². The summed E-state index contributed by atoms with van der Waals surface area (Å²) in [6.07, 6.45) is 0.482. The Kier molecular flexibility index (Phi) is 5.87. The number of nitrogens with one attached hydrogen (secondary N) is 1. The van der Waals surface area contributed by atoms with E-state index in [1.54, 1.807) is 0 Å². The second-order valence-corrected chi connectivity index (χ2v) is 6.99. The molecule has 1 aromatic carbocycles. The average molecular weight is 379 g/mol. The standard InChI is InChI=1S/C20H24F3N3O/c1-3-13(2)14-8-10-15(11-9-14)25-19-24-12-17(20(21,22)23)18(26-19)27-16-6-4-5-7-16/h8-13,16H,3-7H2,1-2H3,(H,24,25,26). The molecule has 1 aliphatic rings. The zero-order valence-corrected chi connectivity index (χ0v) is 15.5. The average Bonchev–Trinajstić information content (AvgIpc) is 3.14. The highest BCUT2D eigenvalue weighted by Gasteiger charge is 2.37. The van der Waals surface area contributed by atoms with Crippen molar-refractivity contribution in [1.29, 1.82) is 0 Å². The van der Waals surface area contributed by atoms with E-state index in [0.717, 1.165) is 38.3 Å². The monoisotopic (exact) mass is 379 g/mol. The van der Waals surface area contributed by atoms with E-state index in [0.29, 0.717) is 11.6 Å². The predicted octanol–water partition coefficient (Wildman–Crippen LogP) is 6.07. The lowest BCUT2D eigenvalue weighted by molar-refractivity contribution is -0.139. The van der Waals surface area contributed by atoms with Crippen LogP contribution in [0.5, 0.6) is 5.88 Å². The van der Waals surface area contributed by atoms with E-state index in [1.165, 1.54) is 5.56 Å². The maximum Gasteiger partial charge on any atom is 0.423 e. The van der Waals surface area contributed by atoms with Gasteiger partial charge in [0.25, 0.3) is 0 Å². The molecule has 0 radical (unpaired) electrons. The highest BCUT2D eigenvalue weighted by Crippen LogP contribution is 2.37. The van der Waals surface area contributed by atoms with Crippen LogP contribution in [0, 0.1) is 0 Å². The van der Waals surface area contributed by atoms with Crippen molar-refractivity contribution in [3.63, 3.8) is 0 Å². The molecule has 1 aromatic heterocycles. The Hall–Kier alpha value is -2.31. The highest BCUT2D eigenvalue weighted by molar-refractivity contribution is 5.54. The molecule has 4 nitrogen and oxygen atoms in total. The molecule has 1 heterocycles. The molecule has 2 aromatic rings. The quantitative estimate of drug-likeness (QED) is 0.661. The SMILES string of the molecule is CCC(C)c1ccc(Nc2ncc(C(F)(F)F)c(OC3CCCC3)n2)cc1. The van der Waals surface area contributed by atoms with Gasteiger partial charge in [0.05, 0.1) is 0 Å². The third-order valence-electron chi connectivity index (χ3n) is 4.99. The fourth-order valence-electron chi connectivity index (χ4n) is 3.13. The molecular weight excluding hydrogens is 355 g/mol. The second-order valence-electron chi connectivity index (χ2n) is 6.99. The Morgan fingerprint density at radius 2 is 1.85 bits per heavy atom. The van der Waals surface area contributed by atoms with E-state index in [1.807, 2.05) is 24.3 Å². The predicted molar refractivity (Wildman–Crippen MR) is 98.3 cm³/mol. The van der Waals surface area contributed by atoms with Gasteiger partial charge in [0.2, 0.25) is 11.8 Å². The fraction of sp³-hybridized carbons (Fsp3) is 0.500. The molecule has 0 aliphatic heterocycles.